The Morgan fingerprint density at radius 1 is 1.12 bits per heavy atom. The lowest BCUT2D eigenvalue weighted by molar-refractivity contribution is 0.119. The Bertz CT molecular complexity index is 1360. The Balaban J connectivity index is 1.44. The van der Waals surface area contributed by atoms with E-state index in [0.717, 1.165) is 46.5 Å². The molecule has 1 aromatic carbocycles. The van der Waals surface area contributed by atoms with E-state index in [1.165, 1.54) is 5.56 Å². The van der Waals surface area contributed by atoms with E-state index < -0.39 is 0 Å². The SMILES string of the molecule is Cc1cnc2ccc([C@H](C)N3C[C@H](C)N(c4cc(=O)n(C)c5c[nH]nc45)C[C@H]3C)cc2n1. The van der Waals surface area contributed by atoms with Crippen molar-refractivity contribution < 1.29 is 0 Å². The second kappa shape index (κ2) is 7.70. The molecular weight excluding hydrogens is 402 g/mol. The number of pyridine rings is 1. The molecule has 4 heterocycles. The van der Waals surface area contributed by atoms with Gasteiger partial charge >= 0.3 is 0 Å². The maximum Gasteiger partial charge on any atom is 0.252 e. The summed E-state index contributed by atoms with van der Waals surface area (Å²) < 4.78 is 1.64. The number of aryl methyl sites for hydroxylation is 2. The predicted molar refractivity (Wildman–Crippen MR) is 127 cm³/mol. The summed E-state index contributed by atoms with van der Waals surface area (Å²) in [6, 6.07) is 8.89. The van der Waals surface area contributed by atoms with E-state index in [9.17, 15) is 4.79 Å². The third-order valence-corrected chi connectivity index (χ3v) is 6.83. The third-order valence-electron chi connectivity index (χ3n) is 6.83. The minimum atomic E-state index is -0.0166. The summed E-state index contributed by atoms with van der Waals surface area (Å²) in [6.07, 6.45) is 3.60. The molecule has 0 unspecified atom stereocenters. The molecule has 1 N–H and O–H groups in total. The number of hydrogen-bond acceptors (Lipinski definition) is 6. The first-order chi connectivity index (χ1) is 15.3. The molecule has 5 rings (SSSR count). The maximum absolute atomic E-state index is 12.5. The van der Waals surface area contributed by atoms with Gasteiger partial charge in [-0.2, -0.15) is 5.10 Å². The van der Waals surface area contributed by atoms with E-state index in [4.69, 9.17) is 0 Å². The number of benzene rings is 1. The lowest BCUT2D eigenvalue weighted by atomic mass is 9.99. The zero-order valence-electron chi connectivity index (χ0n) is 19.2. The van der Waals surface area contributed by atoms with Gasteiger partial charge in [0.2, 0.25) is 0 Å². The van der Waals surface area contributed by atoms with Gasteiger partial charge in [0.15, 0.2) is 0 Å². The highest BCUT2D eigenvalue weighted by Crippen LogP contribution is 2.32. The van der Waals surface area contributed by atoms with Gasteiger partial charge in [-0.05, 0) is 45.4 Å². The molecule has 8 nitrogen and oxygen atoms in total. The summed E-state index contributed by atoms with van der Waals surface area (Å²) in [5.74, 6) is 0. The smallest absolute Gasteiger partial charge is 0.252 e. The average Bonchev–Trinajstić information content (AvgIpc) is 3.27. The molecule has 0 amide bonds. The van der Waals surface area contributed by atoms with E-state index in [1.54, 1.807) is 23.9 Å². The molecule has 3 aromatic heterocycles. The van der Waals surface area contributed by atoms with Gasteiger partial charge in [0.05, 0.1) is 27.9 Å². The molecule has 1 fully saturated rings. The Labute approximate surface area is 186 Å². The van der Waals surface area contributed by atoms with Crippen LogP contribution in [0.15, 0.2) is 41.5 Å². The number of hydrogen-bond donors (Lipinski definition) is 1. The molecule has 166 valence electrons. The highest BCUT2D eigenvalue weighted by atomic mass is 16.1. The van der Waals surface area contributed by atoms with Crippen LogP contribution in [0, 0.1) is 6.92 Å². The molecular formula is C24H29N7O. The zero-order chi connectivity index (χ0) is 22.6. The van der Waals surface area contributed by atoms with Gasteiger partial charge in [-0.15, -0.1) is 0 Å². The van der Waals surface area contributed by atoms with Crippen LogP contribution in [0.5, 0.6) is 0 Å². The molecule has 32 heavy (non-hydrogen) atoms. The normalized spacial score (nSPS) is 20.8. The summed E-state index contributed by atoms with van der Waals surface area (Å²) in [4.78, 5) is 26.5. The number of fused-ring (bicyclic) bond motifs is 2. The first-order valence-corrected chi connectivity index (χ1v) is 11.1. The molecule has 0 saturated carbocycles. The fourth-order valence-corrected chi connectivity index (χ4v) is 4.95. The van der Waals surface area contributed by atoms with Crippen molar-refractivity contribution in [2.45, 2.75) is 45.8 Å². The van der Waals surface area contributed by atoms with Crippen molar-refractivity contribution in [1.82, 2.24) is 29.6 Å². The van der Waals surface area contributed by atoms with Crippen LogP contribution in [-0.4, -0.2) is 54.8 Å². The topological polar surface area (TPSA) is 82.9 Å². The standard InChI is InChI=1S/C24H29N7O/c1-14-10-25-19-7-6-18(8-20(19)27-14)17(4)30-12-16(3)31(13-15(30)2)21-9-23(32)29(5)22-11-26-28-24(21)22/h6-11,15-17H,12-13H2,1-5H3,(H,26,28)/t15-,16+,17+/m1/s1. The lowest BCUT2D eigenvalue weighted by Gasteiger charge is -2.47. The number of H-pyrrole nitrogens is 1. The summed E-state index contributed by atoms with van der Waals surface area (Å²) in [6.45, 7) is 10.4. The van der Waals surface area contributed by atoms with Gasteiger partial charge in [-0.3, -0.25) is 19.8 Å². The number of piperazine rings is 1. The van der Waals surface area contributed by atoms with Crippen LogP contribution in [-0.2, 0) is 7.05 Å². The van der Waals surface area contributed by atoms with Crippen LogP contribution in [0.3, 0.4) is 0 Å². The van der Waals surface area contributed by atoms with Gasteiger partial charge in [0.25, 0.3) is 5.56 Å². The Morgan fingerprint density at radius 3 is 2.75 bits per heavy atom. The molecule has 3 atom stereocenters. The quantitative estimate of drug-likeness (QED) is 0.537. The van der Waals surface area contributed by atoms with Crippen molar-refractivity contribution in [2.75, 3.05) is 18.0 Å². The zero-order valence-corrected chi connectivity index (χ0v) is 19.2. The average molecular weight is 432 g/mol. The van der Waals surface area contributed by atoms with Gasteiger partial charge in [-0.25, -0.2) is 4.98 Å². The summed E-state index contributed by atoms with van der Waals surface area (Å²) in [5.41, 5.74) is 6.60. The Kier molecular flexibility index (Phi) is 4.97. The predicted octanol–water partition coefficient (Wildman–Crippen LogP) is 3.17. The highest BCUT2D eigenvalue weighted by molar-refractivity contribution is 5.88. The maximum atomic E-state index is 12.5. The second-order valence-corrected chi connectivity index (χ2v) is 9.03. The minimum Gasteiger partial charge on any atom is -0.364 e. The minimum absolute atomic E-state index is 0.0166. The van der Waals surface area contributed by atoms with Gasteiger partial charge in [-0.1, -0.05) is 6.07 Å². The fraction of sp³-hybridized carbons (Fsp3) is 0.417. The van der Waals surface area contributed by atoms with Crippen molar-refractivity contribution in [1.29, 1.82) is 0 Å². The molecule has 1 aliphatic rings. The first-order valence-electron chi connectivity index (χ1n) is 11.1. The van der Waals surface area contributed by atoms with E-state index in [-0.39, 0.29) is 17.6 Å². The van der Waals surface area contributed by atoms with Crippen LogP contribution < -0.4 is 10.5 Å². The molecule has 0 aliphatic carbocycles. The Hall–Kier alpha value is -3.26. The van der Waals surface area contributed by atoms with Crippen molar-refractivity contribution in [3.63, 3.8) is 0 Å². The third kappa shape index (κ3) is 3.35. The van der Waals surface area contributed by atoms with Gasteiger partial charge in [0, 0.05) is 56.7 Å². The highest BCUT2D eigenvalue weighted by Gasteiger charge is 2.33. The van der Waals surface area contributed by atoms with E-state index >= 15 is 0 Å². The molecule has 1 aliphatic heterocycles. The van der Waals surface area contributed by atoms with Crippen LogP contribution in [0.1, 0.15) is 38.1 Å². The van der Waals surface area contributed by atoms with Gasteiger partial charge in [0.1, 0.15) is 5.52 Å². The molecule has 8 heteroatoms. The molecule has 1 saturated heterocycles. The second-order valence-electron chi connectivity index (χ2n) is 9.03. The van der Waals surface area contributed by atoms with E-state index in [0.29, 0.717) is 6.04 Å². The molecule has 0 radical (unpaired) electrons. The van der Waals surface area contributed by atoms with Crippen LogP contribution in [0.4, 0.5) is 5.69 Å². The molecule has 0 spiro atoms. The number of aromatic nitrogens is 5. The van der Waals surface area contributed by atoms with Crippen molar-refractivity contribution in [2.24, 2.45) is 7.05 Å². The van der Waals surface area contributed by atoms with Gasteiger partial charge < -0.3 is 9.47 Å². The number of aromatic amines is 1. The van der Waals surface area contributed by atoms with Crippen LogP contribution in [0.2, 0.25) is 0 Å². The van der Waals surface area contributed by atoms with Crippen molar-refractivity contribution in [3.8, 4) is 0 Å². The number of nitrogens with one attached hydrogen (secondary N) is 1. The van der Waals surface area contributed by atoms with Crippen LogP contribution in [0.25, 0.3) is 22.1 Å². The van der Waals surface area contributed by atoms with Crippen molar-refractivity contribution >= 4 is 27.8 Å². The molecule has 4 aromatic rings. The number of nitrogens with zero attached hydrogens (tertiary/aromatic N) is 6. The Morgan fingerprint density at radius 2 is 1.94 bits per heavy atom. The summed E-state index contributed by atoms with van der Waals surface area (Å²) in [5, 5.41) is 7.36. The number of anilines is 1. The number of rotatable bonds is 3. The molecule has 0 bridgehead atoms. The lowest BCUT2D eigenvalue weighted by Crippen LogP contribution is -2.57. The van der Waals surface area contributed by atoms with E-state index in [1.807, 2.05) is 13.1 Å². The monoisotopic (exact) mass is 431 g/mol. The first kappa shape index (κ1) is 20.6. The van der Waals surface area contributed by atoms with E-state index in [2.05, 4.69) is 68.9 Å². The van der Waals surface area contributed by atoms with Crippen molar-refractivity contribution in [3.05, 3.63) is 58.3 Å². The summed E-state index contributed by atoms with van der Waals surface area (Å²) >= 11 is 0. The fourth-order valence-electron chi connectivity index (χ4n) is 4.95. The van der Waals surface area contributed by atoms with Crippen LogP contribution >= 0.6 is 0 Å². The largest absolute Gasteiger partial charge is 0.364 e. The summed E-state index contributed by atoms with van der Waals surface area (Å²) in [7, 11) is 1.78.